The van der Waals surface area contributed by atoms with Crippen molar-refractivity contribution in [3.8, 4) is 11.5 Å². The van der Waals surface area contributed by atoms with Gasteiger partial charge in [0.2, 0.25) is 0 Å². The molecule has 2 nitrogen and oxygen atoms in total. The average molecular weight is 166 g/mol. The number of phenolic OH excluding ortho intramolecular Hbond substituents is 1. The van der Waals surface area contributed by atoms with Gasteiger partial charge >= 0.3 is 0 Å². The highest BCUT2D eigenvalue weighted by molar-refractivity contribution is 5.61. The molecule has 1 heterocycles. The highest BCUT2D eigenvalue weighted by Gasteiger charge is 2.11. The van der Waals surface area contributed by atoms with E-state index in [4.69, 9.17) is 9.84 Å². The van der Waals surface area contributed by atoms with Gasteiger partial charge in [-0.2, -0.15) is 0 Å². The summed E-state index contributed by atoms with van der Waals surface area (Å²) in [5.74, 6) is -0.169. The van der Waals surface area contributed by atoms with E-state index in [2.05, 4.69) is 0 Å². The van der Waals surface area contributed by atoms with Crippen LogP contribution in [0.1, 0.15) is 5.56 Å². The van der Waals surface area contributed by atoms with E-state index < -0.39 is 5.82 Å². The Morgan fingerprint density at radius 1 is 1.42 bits per heavy atom. The Kier molecular flexibility index (Phi) is 1.50. The highest BCUT2D eigenvalue weighted by Crippen LogP contribution is 2.30. The zero-order chi connectivity index (χ0) is 8.55. The average Bonchev–Trinajstić information content (AvgIpc) is 2.04. The van der Waals surface area contributed by atoms with Crippen molar-refractivity contribution in [1.29, 1.82) is 0 Å². The van der Waals surface area contributed by atoms with Gasteiger partial charge in [-0.3, -0.25) is 0 Å². The molecule has 0 bridgehead atoms. The van der Waals surface area contributed by atoms with Crippen LogP contribution >= 0.6 is 0 Å². The topological polar surface area (TPSA) is 29.5 Å². The lowest BCUT2D eigenvalue weighted by molar-refractivity contribution is 0.351. The van der Waals surface area contributed by atoms with E-state index in [-0.39, 0.29) is 5.75 Å². The number of phenols is 1. The lowest BCUT2D eigenvalue weighted by Crippen LogP contribution is -2.01. The predicted octanol–water partition coefficient (Wildman–Crippen LogP) is 1.94. The highest BCUT2D eigenvalue weighted by atomic mass is 19.1. The second-order valence-corrected chi connectivity index (χ2v) is 2.55. The van der Waals surface area contributed by atoms with Crippen LogP contribution in [-0.2, 0) is 0 Å². The molecule has 0 fully saturated rings. The molecule has 12 heavy (non-hydrogen) atoms. The molecule has 0 aliphatic carbocycles. The molecule has 0 radical (unpaired) electrons. The van der Waals surface area contributed by atoms with Gasteiger partial charge in [0.1, 0.15) is 23.9 Å². The Hall–Kier alpha value is -1.51. The van der Waals surface area contributed by atoms with Gasteiger partial charge < -0.3 is 9.84 Å². The molecule has 0 saturated carbocycles. The van der Waals surface area contributed by atoms with E-state index in [1.807, 2.05) is 0 Å². The molecule has 0 atom stereocenters. The Balaban J connectivity index is 2.62. The van der Waals surface area contributed by atoms with Gasteiger partial charge in [-0.05, 0) is 12.2 Å². The van der Waals surface area contributed by atoms with Crippen molar-refractivity contribution in [2.75, 3.05) is 6.61 Å². The van der Waals surface area contributed by atoms with Gasteiger partial charge in [-0.15, -0.1) is 0 Å². The fraction of sp³-hybridized carbons (Fsp3) is 0.111. The minimum absolute atomic E-state index is 0.110. The molecule has 1 N–H and O–H groups in total. The van der Waals surface area contributed by atoms with E-state index >= 15 is 0 Å². The largest absolute Gasteiger partial charge is 0.508 e. The lowest BCUT2D eigenvalue weighted by atomic mass is 10.1. The molecule has 0 saturated heterocycles. The first-order valence-corrected chi connectivity index (χ1v) is 3.59. The van der Waals surface area contributed by atoms with Crippen molar-refractivity contribution in [3.63, 3.8) is 0 Å². The summed E-state index contributed by atoms with van der Waals surface area (Å²) >= 11 is 0. The van der Waals surface area contributed by atoms with Crippen LogP contribution in [0.2, 0.25) is 0 Å². The second kappa shape index (κ2) is 2.52. The third-order valence-corrected chi connectivity index (χ3v) is 1.70. The lowest BCUT2D eigenvalue weighted by Gasteiger charge is -2.12. The maximum Gasteiger partial charge on any atom is 0.137 e. The smallest absolute Gasteiger partial charge is 0.137 e. The van der Waals surface area contributed by atoms with Gasteiger partial charge in [-0.25, -0.2) is 4.39 Å². The van der Waals surface area contributed by atoms with E-state index in [9.17, 15) is 4.39 Å². The second-order valence-electron chi connectivity index (χ2n) is 2.55. The molecule has 2 rings (SSSR count). The van der Waals surface area contributed by atoms with E-state index in [0.29, 0.717) is 17.9 Å². The zero-order valence-corrected chi connectivity index (χ0v) is 6.25. The summed E-state index contributed by atoms with van der Waals surface area (Å²) in [4.78, 5) is 0. The normalized spacial score (nSPS) is 13.8. The summed E-state index contributed by atoms with van der Waals surface area (Å²) in [7, 11) is 0. The standard InChI is InChI=1S/C9H7FO2/c10-8-4-6(11)5-9-7(8)2-1-3-12-9/h1-2,4-5,11H,3H2. The number of fused-ring (bicyclic) bond motifs is 1. The van der Waals surface area contributed by atoms with Crippen LogP contribution in [0.4, 0.5) is 4.39 Å². The number of ether oxygens (including phenoxy) is 1. The van der Waals surface area contributed by atoms with Crippen molar-refractivity contribution in [2.24, 2.45) is 0 Å². The molecule has 0 spiro atoms. The summed E-state index contributed by atoms with van der Waals surface area (Å²) < 4.78 is 18.1. The molecule has 0 amide bonds. The maximum atomic E-state index is 13.0. The Bertz CT molecular complexity index is 345. The van der Waals surface area contributed by atoms with E-state index in [1.165, 1.54) is 6.07 Å². The van der Waals surface area contributed by atoms with Crippen molar-refractivity contribution in [2.45, 2.75) is 0 Å². The molecule has 1 aromatic carbocycles. The maximum absolute atomic E-state index is 13.0. The summed E-state index contributed by atoms with van der Waals surface area (Å²) in [6, 6.07) is 2.47. The van der Waals surface area contributed by atoms with Gasteiger partial charge in [-0.1, -0.05) is 0 Å². The first-order chi connectivity index (χ1) is 5.77. The van der Waals surface area contributed by atoms with Crippen molar-refractivity contribution < 1.29 is 14.2 Å². The van der Waals surface area contributed by atoms with Gasteiger partial charge in [0.25, 0.3) is 0 Å². The molecule has 0 unspecified atom stereocenters. The SMILES string of the molecule is Oc1cc(F)c2c(c1)OCC=C2. The molecule has 62 valence electrons. The van der Waals surface area contributed by atoms with Crippen LogP contribution < -0.4 is 4.74 Å². The number of aromatic hydroxyl groups is 1. The molecule has 1 aliphatic heterocycles. The number of rotatable bonds is 0. The number of hydrogen-bond donors (Lipinski definition) is 1. The first kappa shape index (κ1) is 7.16. The fourth-order valence-corrected chi connectivity index (χ4v) is 1.16. The van der Waals surface area contributed by atoms with Crippen LogP contribution in [0.3, 0.4) is 0 Å². The van der Waals surface area contributed by atoms with Crippen LogP contribution in [0.15, 0.2) is 18.2 Å². The Morgan fingerprint density at radius 2 is 2.25 bits per heavy atom. The van der Waals surface area contributed by atoms with Crippen LogP contribution in [0.5, 0.6) is 11.5 Å². The van der Waals surface area contributed by atoms with Gasteiger partial charge in [0.15, 0.2) is 0 Å². The number of hydrogen-bond acceptors (Lipinski definition) is 2. The van der Waals surface area contributed by atoms with Crippen LogP contribution in [0.25, 0.3) is 6.08 Å². The van der Waals surface area contributed by atoms with E-state index in [1.54, 1.807) is 12.2 Å². The van der Waals surface area contributed by atoms with Gasteiger partial charge in [0.05, 0.1) is 5.56 Å². The molecule has 1 aromatic rings. The Labute approximate surface area is 68.9 Å². The van der Waals surface area contributed by atoms with Crippen LogP contribution in [0, 0.1) is 5.82 Å². The zero-order valence-electron chi connectivity index (χ0n) is 6.25. The monoisotopic (exact) mass is 166 g/mol. The summed E-state index contributed by atoms with van der Waals surface area (Å²) in [5, 5.41) is 9.02. The summed E-state index contributed by atoms with van der Waals surface area (Å²) in [6.45, 7) is 0.426. The van der Waals surface area contributed by atoms with Crippen LogP contribution in [-0.4, -0.2) is 11.7 Å². The molecule has 3 heteroatoms. The quantitative estimate of drug-likeness (QED) is 0.638. The van der Waals surface area contributed by atoms with E-state index in [0.717, 1.165) is 6.07 Å². The minimum atomic E-state index is -0.457. The van der Waals surface area contributed by atoms with Crippen molar-refractivity contribution in [1.82, 2.24) is 0 Å². The minimum Gasteiger partial charge on any atom is -0.508 e. The fourth-order valence-electron chi connectivity index (χ4n) is 1.16. The third kappa shape index (κ3) is 1.03. The first-order valence-electron chi connectivity index (χ1n) is 3.59. The summed E-state index contributed by atoms with van der Waals surface area (Å²) in [5.41, 5.74) is 0.402. The molecule has 1 aliphatic rings. The molecule has 0 aromatic heterocycles. The number of halogens is 1. The Morgan fingerprint density at radius 3 is 3.08 bits per heavy atom. The summed E-state index contributed by atoms with van der Waals surface area (Å²) in [6.07, 6.45) is 3.37. The van der Waals surface area contributed by atoms with Crippen molar-refractivity contribution >= 4 is 6.08 Å². The number of benzene rings is 1. The van der Waals surface area contributed by atoms with Gasteiger partial charge in [0, 0.05) is 12.1 Å². The molecular formula is C9H7FO2. The third-order valence-electron chi connectivity index (χ3n) is 1.70. The predicted molar refractivity (Wildman–Crippen MR) is 42.6 cm³/mol. The molecular weight excluding hydrogens is 159 g/mol. The van der Waals surface area contributed by atoms with Crippen molar-refractivity contribution in [3.05, 3.63) is 29.6 Å².